The van der Waals surface area contributed by atoms with E-state index in [0.29, 0.717) is 36.1 Å². The SMILES string of the molecule is COc1ccc(S(=O)(=O)NC(C)C(=O)OC(C)C(=O)Nc2ccc3c(c2)OCCO3)cc1. The van der Waals surface area contributed by atoms with Gasteiger partial charge >= 0.3 is 5.97 Å². The van der Waals surface area contributed by atoms with E-state index >= 15 is 0 Å². The lowest BCUT2D eigenvalue weighted by atomic mass is 10.2. The molecule has 2 unspecified atom stereocenters. The van der Waals surface area contributed by atoms with Crippen molar-refractivity contribution in [3.63, 3.8) is 0 Å². The largest absolute Gasteiger partial charge is 0.497 e. The Labute approximate surface area is 185 Å². The number of hydrogen-bond donors (Lipinski definition) is 2. The van der Waals surface area contributed by atoms with E-state index in [2.05, 4.69) is 10.0 Å². The summed E-state index contributed by atoms with van der Waals surface area (Å²) in [5.41, 5.74) is 0.440. The highest BCUT2D eigenvalue weighted by Crippen LogP contribution is 2.32. The first-order valence-corrected chi connectivity index (χ1v) is 11.3. The zero-order valence-electron chi connectivity index (χ0n) is 17.8. The number of hydrogen-bond acceptors (Lipinski definition) is 8. The fraction of sp³-hybridized carbons (Fsp3) is 0.333. The molecule has 2 aromatic carbocycles. The van der Waals surface area contributed by atoms with E-state index in [-0.39, 0.29) is 4.90 Å². The van der Waals surface area contributed by atoms with E-state index in [4.69, 9.17) is 18.9 Å². The summed E-state index contributed by atoms with van der Waals surface area (Å²) < 4.78 is 48.2. The second-order valence-corrected chi connectivity index (χ2v) is 8.66. The summed E-state index contributed by atoms with van der Waals surface area (Å²) in [6.07, 6.45) is -1.16. The minimum absolute atomic E-state index is 0.0395. The number of nitrogens with one attached hydrogen (secondary N) is 2. The van der Waals surface area contributed by atoms with Gasteiger partial charge in [-0.1, -0.05) is 0 Å². The average Bonchev–Trinajstić information content (AvgIpc) is 2.78. The molecule has 10 nitrogen and oxygen atoms in total. The highest BCUT2D eigenvalue weighted by Gasteiger charge is 2.26. The summed E-state index contributed by atoms with van der Waals surface area (Å²) in [6, 6.07) is 9.36. The third-order valence-electron chi connectivity index (χ3n) is 4.53. The molecule has 11 heteroatoms. The van der Waals surface area contributed by atoms with Crippen LogP contribution in [0.4, 0.5) is 5.69 Å². The molecule has 172 valence electrons. The summed E-state index contributed by atoms with van der Waals surface area (Å²) in [5.74, 6) is 0.0911. The number of benzene rings is 2. The van der Waals surface area contributed by atoms with E-state index in [1.807, 2.05) is 0 Å². The normalized spacial score (nSPS) is 14.7. The maximum atomic E-state index is 12.5. The van der Waals surface area contributed by atoms with Gasteiger partial charge in [-0.3, -0.25) is 9.59 Å². The lowest BCUT2D eigenvalue weighted by molar-refractivity contribution is -0.154. The predicted molar refractivity (Wildman–Crippen MR) is 114 cm³/mol. The van der Waals surface area contributed by atoms with Gasteiger partial charge in [0, 0.05) is 11.8 Å². The van der Waals surface area contributed by atoms with Crippen LogP contribution < -0.4 is 24.2 Å². The Bertz CT molecular complexity index is 1090. The lowest BCUT2D eigenvalue weighted by Gasteiger charge is -2.20. The molecule has 3 rings (SSSR count). The van der Waals surface area contributed by atoms with Crippen LogP contribution in [0.5, 0.6) is 17.2 Å². The van der Waals surface area contributed by atoms with Crippen molar-refractivity contribution in [1.29, 1.82) is 0 Å². The van der Waals surface area contributed by atoms with Crippen LogP contribution in [0.3, 0.4) is 0 Å². The van der Waals surface area contributed by atoms with Gasteiger partial charge in [0.2, 0.25) is 10.0 Å². The smallest absolute Gasteiger partial charge is 0.324 e. The van der Waals surface area contributed by atoms with Crippen molar-refractivity contribution in [2.24, 2.45) is 0 Å². The summed E-state index contributed by atoms with van der Waals surface area (Å²) in [6.45, 7) is 3.57. The first-order chi connectivity index (χ1) is 15.2. The molecule has 1 aliphatic rings. The van der Waals surface area contributed by atoms with Gasteiger partial charge in [-0.2, -0.15) is 4.72 Å². The zero-order chi connectivity index (χ0) is 23.3. The van der Waals surface area contributed by atoms with Crippen LogP contribution in [0, 0.1) is 0 Å². The Morgan fingerprint density at radius 1 is 1.00 bits per heavy atom. The lowest BCUT2D eigenvalue weighted by Crippen LogP contribution is -2.42. The van der Waals surface area contributed by atoms with Crippen LogP contribution in [-0.4, -0.2) is 52.8 Å². The fourth-order valence-electron chi connectivity index (χ4n) is 2.80. The van der Waals surface area contributed by atoms with E-state index < -0.39 is 34.0 Å². The first-order valence-electron chi connectivity index (χ1n) is 9.77. The van der Waals surface area contributed by atoms with Crippen molar-refractivity contribution in [1.82, 2.24) is 4.72 Å². The maximum absolute atomic E-state index is 12.5. The van der Waals surface area contributed by atoms with Crippen LogP contribution in [0.25, 0.3) is 0 Å². The number of rotatable bonds is 8. The maximum Gasteiger partial charge on any atom is 0.324 e. The highest BCUT2D eigenvalue weighted by atomic mass is 32.2. The summed E-state index contributed by atoms with van der Waals surface area (Å²) in [4.78, 5) is 24.7. The molecule has 0 saturated heterocycles. The molecule has 2 aromatic rings. The van der Waals surface area contributed by atoms with E-state index in [0.717, 1.165) is 0 Å². The van der Waals surface area contributed by atoms with Gasteiger partial charge in [0.05, 0.1) is 12.0 Å². The fourth-order valence-corrected chi connectivity index (χ4v) is 3.99. The van der Waals surface area contributed by atoms with Crippen LogP contribution >= 0.6 is 0 Å². The number of carbonyl (C=O) groups is 2. The molecular weight excluding hydrogens is 440 g/mol. The molecule has 0 fully saturated rings. The van der Waals surface area contributed by atoms with Gasteiger partial charge in [0.15, 0.2) is 17.6 Å². The molecule has 1 aliphatic heterocycles. The molecule has 1 heterocycles. The molecule has 0 saturated carbocycles. The molecule has 0 aromatic heterocycles. The third kappa shape index (κ3) is 5.68. The van der Waals surface area contributed by atoms with Gasteiger partial charge in [0.25, 0.3) is 5.91 Å². The molecule has 2 N–H and O–H groups in total. The minimum atomic E-state index is -3.98. The Hall–Kier alpha value is -3.31. The molecular formula is C21H24N2O8S. The van der Waals surface area contributed by atoms with E-state index in [1.165, 1.54) is 45.2 Å². The van der Waals surface area contributed by atoms with Crippen molar-refractivity contribution in [2.75, 3.05) is 25.6 Å². The standard InChI is InChI=1S/C21H24N2O8S/c1-13(23-32(26,27)17-7-5-16(28-3)6-8-17)21(25)31-14(2)20(24)22-15-4-9-18-19(12-15)30-11-10-29-18/h4-9,12-14,23H,10-11H2,1-3H3,(H,22,24). The van der Waals surface area contributed by atoms with Crippen molar-refractivity contribution in [3.05, 3.63) is 42.5 Å². The van der Waals surface area contributed by atoms with Crippen molar-refractivity contribution in [2.45, 2.75) is 30.9 Å². The summed E-state index contributed by atoms with van der Waals surface area (Å²) in [5, 5.41) is 2.62. The first kappa shape index (κ1) is 23.4. The number of anilines is 1. The Kier molecular flexibility index (Phi) is 7.21. The summed E-state index contributed by atoms with van der Waals surface area (Å²) in [7, 11) is -2.51. The Morgan fingerprint density at radius 3 is 2.31 bits per heavy atom. The second-order valence-electron chi connectivity index (χ2n) is 6.95. The number of carbonyl (C=O) groups excluding carboxylic acids is 2. The van der Waals surface area contributed by atoms with Crippen LogP contribution in [0.1, 0.15) is 13.8 Å². The van der Waals surface area contributed by atoms with Gasteiger partial charge in [0.1, 0.15) is 25.0 Å². The molecule has 1 amide bonds. The quantitative estimate of drug-likeness (QED) is 0.565. The highest BCUT2D eigenvalue weighted by molar-refractivity contribution is 7.89. The third-order valence-corrected chi connectivity index (χ3v) is 6.08. The monoisotopic (exact) mass is 464 g/mol. The Balaban J connectivity index is 1.56. The molecule has 32 heavy (non-hydrogen) atoms. The molecule has 2 atom stereocenters. The van der Waals surface area contributed by atoms with Gasteiger partial charge in [-0.05, 0) is 50.2 Å². The number of ether oxygens (including phenoxy) is 4. The second kappa shape index (κ2) is 9.88. The summed E-state index contributed by atoms with van der Waals surface area (Å²) >= 11 is 0. The van der Waals surface area contributed by atoms with Gasteiger partial charge < -0.3 is 24.3 Å². The predicted octanol–water partition coefficient (Wildman–Crippen LogP) is 1.70. The number of methoxy groups -OCH3 is 1. The molecule has 0 radical (unpaired) electrons. The van der Waals surface area contributed by atoms with Crippen LogP contribution in [0.2, 0.25) is 0 Å². The van der Waals surface area contributed by atoms with E-state index in [1.54, 1.807) is 18.2 Å². The molecule has 0 spiro atoms. The number of fused-ring (bicyclic) bond motifs is 1. The number of esters is 1. The van der Waals surface area contributed by atoms with Gasteiger partial charge in [-0.25, -0.2) is 8.42 Å². The van der Waals surface area contributed by atoms with E-state index in [9.17, 15) is 18.0 Å². The average molecular weight is 464 g/mol. The minimum Gasteiger partial charge on any atom is -0.497 e. The van der Waals surface area contributed by atoms with Crippen LogP contribution in [0.15, 0.2) is 47.4 Å². The molecule has 0 aliphatic carbocycles. The van der Waals surface area contributed by atoms with Gasteiger partial charge in [-0.15, -0.1) is 0 Å². The van der Waals surface area contributed by atoms with Crippen molar-refractivity contribution >= 4 is 27.6 Å². The van der Waals surface area contributed by atoms with Crippen LogP contribution in [-0.2, 0) is 24.3 Å². The zero-order valence-corrected chi connectivity index (χ0v) is 18.6. The van der Waals surface area contributed by atoms with Crippen molar-refractivity contribution < 1.29 is 37.0 Å². The Morgan fingerprint density at radius 2 is 1.66 bits per heavy atom. The van der Waals surface area contributed by atoms with Crippen molar-refractivity contribution in [3.8, 4) is 17.2 Å². The number of amides is 1. The topological polar surface area (TPSA) is 129 Å². The number of sulfonamides is 1. The molecule has 0 bridgehead atoms.